The highest BCUT2D eigenvalue weighted by Gasteiger charge is 1.99. The average Bonchev–Trinajstić information content (AvgIpc) is 1.85. The minimum absolute atomic E-state index is 0.402. The molecule has 0 aliphatic heterocycles. The van der Waals surface area contributed by atoms with Gasteiger partial charge in [-0.25, -0.2) is 4.79 Å². The van der Waals surface area contributed by atoms with E-state index in [2.05, 4.69) is 16.5 Å². The molecule has 2 N–H and O–H groups in total. The van der Waals surface area contributed by atoms with Crippen molar-refractivity contribution in [2.45, 2.75) is 6.92 Å². The molecule has 0 aromatic carbocycles. The minimum atomic E-state index is -0.488. The summed E-state index contributed by atoms with van der Waals surface area (Å²) in [4.78, 5) is 26.1. The van der Waals surface area contributed by atoms with Gasteiger partial charge < -0.3 is 4.98 Å². The Balaban J connectivity index is 3.62. The van der Waals surface area contributed by atoms with Crippen LogP contribution in [0.15, 0.2) is 16.2 Å². The van der Waals surface area contributed by atoms with Gasteiger partial charge in [-0.2, -0.15) is 0 Å². The number of hydrogen-bond donors (Lipinski definition) is 2. The van der Waals surface area contributed by atoms with Crippen LogP contribution < -0.4 is 11.2 Å². The summed E-state index contributed by atoms with van der Waals surface area (Å²) >= 11 is 0. The lowest BCUT2D eigenvalue weighted by atomic mass is 10.2. The van der Waals surface area contributed by atoms with Crippen molar-refractivity contribution in [3.05, 3.63) is 38.7 Å². The highest BCUT2D eigenvalue weighted by Crippen LogP contribution is 1.94. The van der Waals surface area contributed by atoms with Crippen LogP contribution in [0.25, 0.3) is 6.08 Å². The van der Waals surface area contributed by atoms with Gasteiger partial charge in [0.05, 0.1) is 5.56 Å². The maximum Gasteiger partial charge on any atom is 0.325 e. The lowest BCUT2D eigenvalue weighted by Crippen LogP contribution is -2.25. The second-order valence-electron chi connectivity index (χ2n) is 2.15. The Kier molecular flexibility index (Phi) is 1.76. The van der Waals surface area contributed by atoms with Crippen LogP contribution in [0.5, 0.6) is 0 Å². The molecule has 0 radical (unpaired) electrons. The molecule has 0 aliphatic carbocycles. The van der Waals surface area contributed by atoms with E-state index in [-0.39, 0.29) is 0 Å². The molecule has 1 rings (SSSR count). The monoisotopic (exact) mass is 152 g/mol. The largest absolute Gasteiger partial charge is 0.325 e. The van der Waals surface area contributed by atoms with Gasteiger partial charge in [0.15, 0.2) is 0 Å². The molecule has 0 atom stereocenters. The third-order valence-electron chi connectivity index (χ3n) is 1.38. The van der Waals surface area contributed by atoms with Crippen molar-refractivity contribution in [3.63, 3.8) is 0 Å². The standard InChI is InChI=1S/C7H8N2O2/c1-3-5-4(2)8-7(11)9-6(5)10/h3H,1H2,2H3,(H2,8,9,10,11). The summed E-state index contributed by atoms with van der Waals surface area (Å²) in [5.74, 6) is 0. The first-order valence-corrected chi connectivity index (χ1v) is 3.11. The number of aromatic amines is 2. The predicted octanol–water partition coefficient (Wildman–Crippen LogP) is 0.0146. The molecular formula is C7H8N2O2. The summed E-state index contributed by atoms with van der Waals surface area (Å²) in [7, 11) is 0. The van der Waals surface area contributed by atoms with E-state index in [1.54, 1.807) is 6.92 Å². The molecular weight excluding hydrogens is 144 g/mol. The second kappa shape index (κ2) is 2.57. The van der Waals surface area contributed by atoms with Crippen molar-refractivity contribution in [2.24, 2.45) is 0 Å². The molecule has 0 spiro atoms. The van der Waals surface area contributed by atoms with Crippen LogP contribution >= 0.6 is 0 Å². The van der Waals surface area contributed by atoms with Gasteiger partial charge in [-0.3, -0.25) is 9.78 Å². The van der Waals surface area contributed by atoms with Gasteiger partial charge in [-0.1, -0.05) is 12.7 Å². The zero-order valence-electron chi connectivity index (χ0n) is 6.10. The molecule has 11 heavy (non-hydrogen) atoms. The lowest BCUT2D eigenvalue weighted by Gasteiger charge is -1.95. The number of hydrogen-bond acceptors (Lipinski definition) is 2. The fourth-order valence-corrected chi connectivity index (χ4v) is 0.855. The zero-order chi connectivity index (χ0) is 8.43. The minimum Gasteiger partial charge on any atom is -0.311 e. The van der Waals surface area contributed by atoms with Gasteiger partial charge in [0, 0.05) is 5.69 Å². The lowest BCUT2D eigenvalue weighted by molar-refractivity contribution is 0.986. The summed E-state index contributed by atoms with van der Waals surface area (Å²) < 4.78 is 0. The molecule has 1 aromatic heterocycles. The number of aryl methyl sites for hydroxylation is 1. The van der Waals surface area contributed by atoms with E-state index in [9.17, 15) is 9.59 Å². The van der Waals surface area contributed by atoms with Crippen molar-refractivity contribution in [1.82, 2.24) is 9.97 Å². The van der Waals surface area contributed by atoms with Gasteiger partial charge in [0.25, 0.3) is 5.56 Å². The first kappa shape index (κ1) is 7.53. The van der Waals surface area contributed by atoms with E-state index in [0.29, 0.717) is 11.3 Å². The summed E-state index contributed by atoms with van der Waals surface area (Å²) in [6.07, 6.45) is 1.41. The molecule has 0 aliphatic rings. The molecule has 0 amide bonds. The highest BCUT2D eigenvalue weighted by atomic mass is 16.2. The van der Waals surface area contributed by atoms with E-state index in [1.165, 1.54) is 6.08 Å². The maximum absolute atomic E-state index is 10.9. The Hall–Kier alpha value is -1.58. The molecule has 4 heteroatoms. The molecule has 4 nitrogen and oxygen atoms in total. The van der Waals surface area contributed by atoms with E-state index >= 15 is 0 Å². The molecule has 0 bridgehead atoms. The maximum atomic E-state index is 10.9. The first-order chi connectivity index (χ1) is 5.15. The van der Waals surface area contributed by atoms with Crippen LogP contribution in [0, 0.1) is 6.92 Å². The van der Waals surface area contributed by atoms with Gasteiger partial charge in [0.1, 0.15) is 0 Å². The van der Waals surface area contributed by atoms with Crippen LogP contribution in [0.4, 0.5) is 0 Å². The van der Waals surface area contributed by atoms with Crippen LogP contribution in [-0.4, -0.2) is 9.97 Å². The molecule has 0 fully saturated rings. The SMILES string of the molecule is C=Cc1c(C)[nH]c(=O)[nH]c1=O. The van der Waals surface area contributed by atoms with Gasteiger partial charge >= 0.3 is 5.69 Å². The summed E-state index contributed by atoms with van der Waals surface area (Å²) in [5.41, 5.74) is 0.0534. The van der Waals surface area contributed by atoms with Crippen molar-refractivity contribution in [1.29, 1.82) is 0 Å². The molecule has 58 valence electrons. The van der Waals surface area contributed by atoms with Crippen LogP contribution in [-0.2, 0) is 0 Å². The Labute approximate surface area is 62.6 Å². The molecule has 0 saturated carbocycles. The normalized spacial score (nSPS) is 9.55. The van der Waals surface area contributed by atoms with E-state index in [4.69, 9.17) is 0 Å². The van der Waals surface area contributed by atoms with Gasteiger partial charge in [-0.05, 0) is 6.92 Å². The predicted molar refractivity (Wildman–Crippen MR) is 42.5 cm³/mol. The third kappa shape index (κ3) is 1.29. The fourth-order valence-electron chi connectivity index (χ4n) is 0.855. The Bertz CT molecular complexity index is 386. The Morgan fingerprint density at radius 1 is 1.36 bits per heavy atom. The zero-order valence-corrected chi connectivity index (χ0v) is 6.10. The first-order valence-electron chi connectivity index (χ1n) is 3.11. The van der Waals surface area contributed by atoms with Crippen molar-refractivity contribution in [3.8, 4) is 0 Å². The van der Waals surface area contributed by atoms with E-state index < -0.39 is 11.2 Å². The number of nitrogens with one attached hydrogen (secondary N) is 2. The topological polar surface area (TPSA) is 65.7 Å². The summed E-state index contributed by atoms with van der Waals surface area (Å²) in [5, 5.41) is 0. The van der Waals surface area contributed by atoms with Crippen molar-refractivity contribution < 1.29 is 0 Å². The number of H-pyrrole nitrogens is 2. The number of aromatic nitrogens is 2. The van der Waals surface area contributed by atoms with Crippen LogP contribution in [0.3, 0.4) is 0 Å². The van der Waals surface area contributed by atoms with Crippen LogP contribution in [0.1, 0.15) is 11.3 Å². The van der Waals surface area contributed by atoms with Crippen LogP contribution in [0.2, 0.25) is 0 Å². The molecule has 0 unspecified atom stereocenters. The molecule has 1 heterocycles. The van der Waals surface area contributed by atoms with E-state index in [0.717, 1.165) is 0 Å². The fraction of sp³-hybridized carbons (Fsp3) is 0.143. The quantitative estimate of drug-likeness (QED) is 0.595. The van der Waals surface area contributed by atoms with Gasteiger partial charge in [0.2, 0.25) is 0 Å². The Morgan fingerprint density at radius 2 is 2.00 bits per heavy atom. The molecule has 0 saturated heterocycles. The van der Waals surface area contributed by atoms with Crippen molar-refractivity contribution >= 4 is 6.08 Å². The second-order valence-corrected chi connectivity index (χ2v) is 2.15. The molecule has 1 aromatic rings. The smallest absolute Gasteiger partial charge is 0.311 e. The third-order valence-corrected chi connectivity index (χ3v) is 1.38. The van der Waals surface area contributed by atoms with E-state index in [1.807, 2.05) is 0 Å². The Morgan fingerprint density at radius 3 is 2.45 bits per heavy atom. The summed E-state index contributed by atoms with van der Waals surface area (Å²) in [6, 6.07) is 0. The number of rotatable bonds is 1. The summed E-state index contributed by atoms with van der Waals surface area (Å²) in [6.45, 7) is 5.09. The average molecular weight is 152 g/mol. The van der Waals surface area contributed by atoms with Gasteiger partial charge in [-0.15, -0.1) is 0 Å². The van der Waals surface area contributed by atoms with Crippen molar-refractivity contribution in [2.75, 3.05) is 0 Å². The highest BCUT2D eigenvalue weighted by molar-refractivity contribution is 5.47.